The van der Waals surface area contributed by atoms with E-state index in [2.05, 4.69) is 10.1 Å². The summed E-state index contributed by atoms with van der Waals surface area (Å²) in [6.07, 6.45) is 4.66. The van der Waals surface area contributed by atoms with Gasteiger partial charge in [0.1, 0.15) is 6.33 Å². The van der Waals surface area contributed by atoms with Gasteiger partial charge in [-0.05, 0) is 19.1 Å². The molecule has 0 saturated heterocycles. The maximum absolute atomic E-state index is 11.1. The molecular formula is C14H14ClN3O2. The molecular weight excluding hydrogens is 278 g/mol. The highest BCUT2D eigenvalue weighted by molar-refractivity contribution is 6.30. The first-order valence-electron chi connectivity index (χ1n) is 6.17. The summed E-state index contributed by atoms with van der Waals surface area (Å²) in [6, 6.07) is 7.33. The van der Waals surface area contributed by atoms with Crippen LogP contribution in [0.4, 0.5) is 0 Å². The largest absolute Gasteiger partial charge is 0.463 e. The van der Waals surface area contributed by atoms with E-state index in [1.807, 2.05) is 12.1 Å². The number of ether oxygens (including phenoxy) is 1. The van der Waals surface area contributed by atoms with Gasteiger partial charge < -0.3 is 4.74 Å². The molecule has 0 radical (unpaired) electrons. The monoisotopic (exact) mass is 291 g/mol. The first-order chi connectivity index (χ1) is 9.69. The van der Waals surface area contributed by atoms with E-state index in [-0.39, 0.29) is 5.97 Å². The van der Waals surface area contributed by atoms with Crippen molar-refractivity contribution in [2.45, 2.75) is 13.5 Å². The van der Waals surface area contributed by atoms with E-state index >= 15 is 0 Å². The maximum atomic E-state index is 11.1. The van der Waals surface area contributed by atoms with E-state index in [4.69, 9.17) is 16.3 Å². The normalized spacial score (nSPS) is 10.9. The van der Waals surface area contributed by atoms with Crippen molar-refractivity contribution in [2.75, 3.05) is 6.61 Å². The van der Waals surface area contributed by atoms with Crippen molar-refractivity contribution in [3.8, 4) is 11.4 Å². The number of hydrogen-bond donors (Lipinski definition) is 0. The van der Waals surface area contributed by atoms with Crippen LogP contribution >= 0.6 is 11.6 Å². The molecule has 20 heavy (non-hydrogen) atoms. The van der Waals surface area contributed by atoms with Crippen LogP contribution in [0.5, 0.6) is 0 Å². The Morgan fingerprint density at radius 2 is 2.35 bits per heavy atom. The number of allylic oxidation sites excluding steroid dienone is 1. The number of carbonyl (C=O) groups is 1. The van der Waals surface area contributed by atoms with Crippen LogP contribution in [0.1, 0.15) is 6.92 Å². The Labute approximate surface area is 121 Å². The van der Waals surface area contributed by atoms with Gasteiger partial charge in [0.05, 0.1) is 13.2 Å². The Morgan fingerprint density at radius 1 is 1.50 bits per heavy atom. The average molecular weight is 292 g/mol. The van der Waals surface area contributed by atoms with Gasteiger partial charge >= 0.3 is 5.97 Å². The van der Waals surface area contributed by atoms with E-state index < -0.39 is 0 Å². The zero-order valence-electron chi connectivity index (χ0n) is 11.0. The van der Waals surface area contributed by atoms with Gasteiger partial charge in [-0.15, -0.1) is 0 Å². The van der Waals surface area contributed by atoms with E-state index in [0.717, 1.165) is 5.56 Å². The number of hydrogen-bond acceptors (Lipinski definition) is 4. The number of halogens is 1. The minimum absolute atomic E-state index is 0.359. The first-order valence-corrected chi connectivity index (χ1v) is 6.55. The van der Waals surface area contributed by atoms with E-state index in [9.17, 15) is 4.79 Å². The lowest BCUT2D eigenvalue weighted by molar-refractivity contribution is -0.137. The van der Waals surface area contributed by atoms with Crippen LogP contribution in [-0.2, 0) is 16.1 Å². The summed E-state index contributed by atoms with van der Waals surface area (Å²) >= 11 is 5.92. The van der Waals surface area contributed by atoms with Crippen LogP contribution in [-0.4, -0.2) is 27.3 Å². The molecule has 104 valence electrons. The van der Waals surface area contributed by atoms with Crippen LogP contribution in [0.25, 0.3) is 11.4 Å². The fourth-order valence-electron chi connectivity index (χ4n) is 1.59. The molecule has 0 fully saturated rings. The molecule has 0 bridgehead atoms. The van der Waals surface area contributed by atoms with Gasteiger partial charge in [-0.1, -0.05) is 29.8 Å². The summed E-state index contributed by atoms with van der Waals surface area (Å²) in [7, 11) is 0. The molecule has 0 unspecified atom stereocenters. The predicted octanol–water partition coefficient (Wildman–Crippen LogP) is 2.72. The number of esters is 1. The number of carbonyl (C=O) groups excluding carboxylic acids is 1. The molecule has 0 aliphatic rings. The summed E-state index contributed by atoms with van der Waals surface area (Å²) in [5.41, 5.74) is 0.852. The van der Waals surface area contributed by atoms with Gasteiger partial charge in [0.2, 0.25) is 0 Å². The second kappa shape index (κ2) is 6.86. The first kappa shape index (κ1) is 14.3. The van der Waals surface area contributed by atoms with E-state index in [0.29, 0.717) is 24.0 Å². The second-order valence-electron chi connectivity index (χ2n) is 3.95. The molecule has 0 aliphatic heterocycles. The Bertz CT molecular complexity index is 622. The third-order valence-corrected chi connectivity index (χ3v) is 2.69. The summed E-state index contributed by atoms with van der Waals surface area (Å²) in [5, 5.41) is 4.95. The van der Waals surface area contributed by atoms with E-state index in [1.54, 1.807) is 36.1 Å². The highest BCUT2D eigenvalue weighted by atomic mass is 35.5. The lowest BCUT2D eigenvalue weighted by Gasteiger charge is -1.97. The molecule has 0 amide bonds. The van der Waals surface area contributed by atoms with Crippen LogP contribution < -0.4 is 0 Å². The lowest BCUT2D eigenvalue weighted by atomic mass is 10.2. The smallest absolute Gasteiger partial charge is 0.330 e. The Morgan fingerprint density at radius 3 is 3.10 bits per heavy atom. The second-order valence-corrected chi connectivity index (χ2v) is 4.39. The number of aromatic nitrogens is 3. The molecule has 1 heterocycles. The third kappa shape index (κ3) is 3.93. The third-order valence-electron chi connectivity index (χ3n) is 2.45. The molecule has 5 nitrogen and oxygen atoms in total. The Hall–Kier alpha value is -2.14. The van der Waals surface area contributed by atoms with Gasteiger partial charge in [-0.3, -0.25) is 0 Å². The summed E-state index contributed by atoms with van der Waals surface area (Å²) in [6.45, 7) is 2.58. The Kier molecular flexibility index (Phi) is 4.90. The fourth-order valence-corrected chi connectivity index (χ4v) is 1.78. The molecule has 1 aromatic carbocycles. The zero-order chi connectivity index (χ0) is 14.4. The van der Waals surface area contributed by atoms with Crippen molar-refractivity contribution in [1.29, 1.82) is 0 Å². The van der Waals surface area contributed by atoms with Gasteiger partial charge in [0.25, 0.3) is 0 Å². The number of rotatable bonds is 5. The summed E-state index contributed by atoms with van der Waals surface area (Å²) in [5.74, 6) is 0.236. The molecule has 2 aromatic rings. The van der Waals surface area contributed by atoms with Gasteiger partial charge in [0, 0.05) is 16.7 Å². The van der Waals surface area contributed by atoms with Crippen LogP contribution in [0.3, 0.4) is 0 Å². The van der Waals surface area contributed by atoms with Crippen LogP contribution in [0.15, 0.2) is 42.7 Å². The predicted molar refractivity (Wildman–Crippen MR) is 76.2 cm³/mol. The number of nitrogens with zero attached hydrogens (tertiary/aromatic N) is 3. The topological polar surface area (TPSA) is 57.0 Å². The highest BCUT2D eigenvalue weighted by Crippen LogP contribution is 2.18. The highest BCUT2D eigenvalue weighted by Gasteiger charge is 2.04. The minimum atomic E-state index is -0.359. The summed E-state index contributed by atoms with van der Waals surface area (Å²) < 4.78 is 6.41. The van der Waals surface area contributed by atoms with Crippen LogP contribution in [0.2, 0.25) is 5.02 Å². The quantitative estimate of drug-likeness (QED) is 0.628. The molecule has 6 heteroatoms. The van der Waals surface area contributed by atoms with Crippen molar-refractivity contribution in [3.63, 3.8) is 0 Å². The van der Waals surface area contributed by atoms with Crippen molar-refractivity contribution in [1.82, 2.24) is 14.8 Å². The number of benzene rings is 1. The molecule has 0 atom stereocenters. The molecule has 0 saturated carbocycles. The SMILES string of the molecule is CCOC(=O)/C=C\Cn1cnc(-c2cccc(Cl)c2)n1. The minimum Gasteiger partial charge on any atom is -0.463 e. The van der Waals surface area contributed by atoms with Crippen molar-refractivity contribution in [2.24, 2.45) is 0 Å². The molecule has 0 N–H and O–H groups in total. The van der Waals surface area contributed by atoms with Crippen LogP contribution in [0, 0.1) is 0 Å². The van der Waals surface area contributed by atoms with E-state index in [1.165, 1.54) is 6.08 Å². The lowest BCUT2D eigenvalue weighted by Crippen LogP contribution is -2.01. The molecule has 1 aromatic heterocycles. The molecule has 2 rings (SSSR count). The summed E-state index contributed by atoms with van der Waals surface area (Å²) in [4.78, 5) is 15.3. The van der Waals surface area contributed by atoms with Gasteiger partial charge in [-0.25, -0.2) is 14.5 Å². The fraction of sp³-hybridized carbons (Fsp3) is 0.214. The van der Waals surface area contributed by atoms with Crippen molar-refractivity contribution in [3.05, 3.63) is 47.8 Å². The standard InChI is InChI=1S/C14H14ClN3O2/c1-2-20-13(19)7-4-8-18-10-16-14(17-18)11-5-3-6-12(15)9-11/h3-7,9-10H,2,8H2,1H3/b7-4-. The average Bonchev–Trinajstić information content (AvgIpc) is 2.88. The molecule has 0 aliphatic carbocycles. The van der Waals surface area contributed by atoms with Crippen molar-refractivity contribution < 1.29 is 9.53 Å². The van der Waals surface area contributed by atoms with Gasteiger partial charge in [-0.2, -0.15) is 5.10 Å². The maximum Gasteiger partial charge on any atom is 0.330 e. The zero-order valence-corrected chi connectivity index (χ0v) is 11.7. The van der Waals surface area contributed by atoms with Gasteiger partial charge in [0.15, 0.2) is 5.82 Å². The molecule has 0 spiro atoms. The Balaban J connectivity index is 2.01. The van der Waals surface area contributed by atoms with Crippen molar-refractivity contribution >= 4 is 17.6 Å².